The molecular formula is C22H18FN5O4S. The lowest BCUT2D eigenvalue weighted by molar-refractivity contribution is -0.113. The molecular weight excluding hydrogens is 449 g/mol. The molecule has 0 saturated heterocycles. The van der Waals surface area contributed by atoms with Crippen LogP contribution in [-0.4, -0.2) is 44.0 Å². The number of aromatic nitrogens is 4. The second-order valence-electron chi connectivity index (χ2n) is 6.78. The number of thioether (sulfide) groups is 1. The Kier molecular flexibility index (Phi) is 6.50. The summed E-state index contributed by atoms with van der Waals surface area (Å²) in [6, 6.07) is 11.9. The van der Waals surface area contributed by atoms with Gasteiger partial charge in [-0.1, -0.05) is 11.8 Å². The number of amides is 1. The number of ether oxygens (including phenoxy) is 1. The van der Waals surface area contributed by atoms with Crippen molar-refractivity contribution in [3.05, 3.63) is 76.5 Å². The van der Waals surface area contributed by atoms with Gasteiger partial charge < -0.3 is 15.0 Å². The summed E-state index contributed by atoms with van der Waals surface area (Å²) >= 11 is 1.05. The number of carbonyl (C=O) groups is 2. The Bertz CT molecular complexity index is 1370. The van der Waals surface area contributed by atoms with E-state index in [1.165, 1.54) is 35.1 Å². The van der Waals surface area contributed by atoms with Crippen molar-refractivity contribution in [2.75, 3.05) is 17.7 Å². The highest BCUT2D eigenvalue weighted by Crippen LogP contribution is 2.19. The summed E-state index contributed by atoms with van der Waals surface area (Å²) < 4.78 is 19.6. The monoisotopic (exact) mass is 467 g/mol. The predicted molar refractivity (Wildman–Crippen MR) is 121 cm³/mol. The summed E-state index contributed by atoms with van der Waals surface area (Å²) in [5.74, 6) is -1.16. The van der Waals surface area contributed by atoms with Gasteiger partial charge in [0.05, 0.1) is 29.8 Å². The molecule has 4 aromatic rings. The van der Waals surface area contributed by atoms with E-state index in [0.717, 1.165) is 11.8 Å². The molecule has 168 valence electrons. The number of fused-ring (bicyclic) bond motifs is 1. The first kappa shape index (κ1) is 22.2. The van der Waals surface area contributed by atoms with E-state index in [1.54, 1.807) is 31.2 Å². The molecule has 0 atom stereocenters. The first-order chi connectivity index (χ1) is 15.9. The van der Waals surface area contributed by atoms with Crippen LogP contribution in [0.15, 0.2) is 64.7 Å². The summed E-state index contributed by atoms with van der Waals surface area (Å²) in [7, 11) is 0. The number of halogens is 1. The maximum atomic E-state index is 13.2. The Morgan fingerprint density at radius 3 is 2.58 bits per heavy atom. The zero-order valence-corrected chi connectivity index (χ0v) is 18.2. The van der Waals surface area contributed by atoms with Crippen LogP contribution in [0.4, 0.5) is 10.1 Å². The number of hydrogen-bond acceptors (Lipinski definition) is 7. The van der Waals surface area contributed by atoms with Gasteiger partial charge in [-0.15, -0.1) is 0 Å². The van der Waals surface area contributed by atoms with Crippen LogP contribution in [-0.2, 0) is 9.53 Å². The zero-order chi connectivity index (χ0) is 23.4. The van der Waals surface area contributed by atoms with E-state index in [2.05, 4.69) is 20.4 Å². The minimum absolute atomic E-state index is 0.0151. The Morgan fingerprint density at radius 2 is 1.88 bits per heavy atom. The molecule has 2 aromatic heterocycles. The molecule has 11 heteroatoms. The Balaban J connectivity index is 1.45. The summed E-state index contributed by atoms with van der Waals surface area (Å²) in [5, 5.41) is 7.40. The van der Waals surface area contributed by atoms with Gasteiger partial charge in [0.25, 0.3) is 5.56 Å². The molecule has 4 rings (SSSR count). The molecule has 0 unspecified atom stereocenters. The second-order valence-corrected chi connectivity index (χ2v) is 7.74. The molecule has 0 radical (unpaired) electrons. The SMILES string of the molecule is CCOC(=O)c1ccc(NC(=O)CSc2nc3c(cnn3-c3ccc(F)cc3)c(=O)[nH]2)cc1. The molecule has 0 aliphatic rings. The van der Waals surface area contributed by atoms with Crippen LogP contribution < -0.4 is 10.9 Å². The molecule has 0 saturated carbocycles. The highest BCUT2D eigenvalue weighted by Gasteiger charge is 2.13. The third-order valence-electron chi connectivity index (χ3n) is 4.51. The molecule has 33 heavy (non-hydrogen) atoms. The standard InChI is InChI=1S/C22H18FN5O4S/c1-2-32-21(31)13-3-7-15(8-4-13)25-18(29)12-33-22-26-19-17(20(30)27-22)11-24-28(19)16-9-5-14(23)6-10-16/h3-11H,2,12H2,1H3,(H,25,29)(H,26,27,30). The van der Waals surface area contributed by atoms with Crippen molar-refractivity contribution >= 4 is 40.4 Å². The van der Waals surface area contributed by atoms with Crippen molar-refractivity contribution in [1.82, 2.24) is 19.7 Å². The summed E-state index contributed by atoms with van der Waals surface area (Å²) in [6.07, 6.45) is 1.38. The first-order valence-corrected chi connectivity index (χ1v) is 10.9. The molecule has 0 fully saturated rings. The van der Waals surface area contributed by atoms with Gasteiger partial charge >= 0.3 is 5.97 Å². The maximum absolute atomic E-state index is 13.2. The molecule has 9 nitrogen and oxygen atoms in total. The van der Waals surface area contributed by atoms with Crippen LogP contribution in [0.25, 0.3) is 16.7 Å². The van der Waals surface area contributed by atoms with E-state index >= 15 is 0 Å². The van der Waals surface area contributed by atoms with Gasteiger partial charge in [0.15, 0.2) is 10.8 Å². The van der Waals surface area contributed by atoms with Crippen LogP contribution in [0.5, 0.6) is 0 Å². The van der Waals surface area contributed by atoms with Crippen molar-refractivity contribution in [1.29, 1.82) is 0 Å². The van der Waals surface area contributed by atoms with Crippen LogP contribution in [0.3, 0.4) is 0 Å². The molecule has 0 aliphatic carbocycles. The van der Waals surface area contributed by atoms with Crippen LogP contribution in [0, 0.1) is 5.82 Å². The molecule has 0 spiro atoms. The average molecular weight is 467 g/mol. The van der Waals surface area contributed by atoms with E-state index in [-0.39, 0.29) is 34.6 Å². The third kappa shape index (κ3) is 5.09. The fourth-order valence-electron chi connectivity index (χ4n) is 2.97. The normalized spacial score (nSPS) is 10.8. The quantitative estimate of drug-likeness (QED) is 0.243. The Labute approximate surface area is 191 Å². The Morgan fingerprint density at radius 1 is 1.15 bits per heavy atom. The van der Waals surface area contributed by atoms with Crippen molar-refractivity contribution in [3.8, 4) is 5.69 Å². The van der Waals surface area contributed by atoms with Gasteiger partial charge in [-0.2, -0.15) is 5.10 Å². The van der Waals surface area contributed by atoms with Crippen molar-refractivity contribution in [2.45, 2.75) is 12.1 Å². The fraction of sp³-hybridized carbons (Fsp3) is 0.136. The van der Waals surface area contributed by atoms with Gasteiger partial charge in [-0.25, -0.2) is 18.9 Å². The number of esters is 1. The third-order valence-corrected chi connectivity index (χ3v) is 5.38. The number of H-pyrrole nitrogens is 1. The van der Waals surface area contributed by atoms with E-state index in [9.17, 15) is 18.8 Å². The lowest BCUT2D eigenvalue weighted by Gasteiger charge is -2.07. The average Bonchev–Trinajstić information content (AvgIpc) is 3.23. The first-order valence-electron chi connectivity index (χ1n) is 9.88. The van der Waals surface area contributed by atoms with Gasteiger partial charge in [-0.05, 0) is 55.5 Å². The molecule has 0 aliphatic heterocycles. The van der Waals surface area contributed by atoms with E-state index in [4.69, 9.17) is 4.74 Å². The maximum Gasteiger partial charge on any atom is 0.338 e. The highest BCUT2D eigenvalue weighted by molar-refractivity contribution is 7.99. The number of rotatable bonds is 7. The molecule has 2 aromatic carbocycles. The van der Waals surface area contributed by atoms with Crippen molar-refractivity contribution in [2.24, 2.45) is 0 Å². The largest absolute Gasteiger partial charge is 0.462 e. The van der Waals surface area contributed by atoms with Gasteiger partial charge in [0.2, 0.25) is 5.91 Å². The van der Waals surface area contributed by atoms with Gasteiger partial charge in [-0.3, -0.25) is 9.59 Å². The summed E-state index contributed by atoms with van der Waals surface area (Å²) in [5.41, 5.74) is 1.34. The van der Waals surface area contributed by atoms with Gasteiger partial charge in [0.1, 0.15) is 11.2 Å². The van der Waals surface area contributed by atoms with E-state index < -0.39 is 11.5 Å². The molecule has 2 heterocycles. The summed E-state index contributed by atoms with van der Waals surface area (Å²) in [6.45, 7) is 2.00. The van der Waals surface area contributed by atoms with E-state index in [0.29, 0.717) is 22.6 Å². The number of nitrogens with zero attached hydrogens (tertiary/aromatic N) is 3. The number of aromatic amines is 1. The molecule has 0 bridgehead atoms. The number of benzene rings is 2. The number of nitrogens with one attached hydrogen (secondary N) is 2. The van der Waals surface area contributed by atoms with E-state index in [1.807, 2.05) is 0 Å². The smallest absolute Gasteiger partial charge is 0.338 e. The number of anilines is 1. The minimum atomic E-state index is -0.434. The highest BCUT2D eigenvalue weighted by atomic mass is 32.2. The Hall–Kier alpha value is -3.99. The lowest BCUT2D eigenvalue weighted by atomic mass is 10.2. The lowest BCUT2D eigenvalue weighted by Crippen LogP contribution is -2.16. The fourth-order valence-corrected chi connectivity index (χ4v) is 3.63. The predicted octanol–water partition coefficient (Wildman–Crippen LogP) is 3.16. The van der Waals surface area contributed by atoms with Crippen LogP contribution in [0.1, 0.15) is 17.3 Å². The van der Waals surface area contributed by atoms with Crippen molar-refractivity contribution in [3.63, 3.8) is 0 Å². The topological polar surface area (TPSA) is 119 Å². The summed E-state index contributed by atoms with van der Waals surface area (Å²) in [4.78, 5) is 43.5. The minimum Gasteiger partial charge on any atom is -0.462 e. The van der Waals surface area contributed by atoms with Crippen LogP contribution >= 0.6 is 11.8 Å². The van der Waals surface area contributed by atoms with Crippen molar-refractivity contribution < 1.29 is 18.7 Å². The second kappa shape index (κ2) is 9.65. The zero-order valence-electron chi connectivity index (χ0n) is 17.4. The van der Waals surface area contributed by atoms with Gasteiger partial charge in [0, 0.05) is 5.69 Å². The molecule has 2 N–H and O–H groups in total. The number of hydrogen-bond donors (Lipinski definition) is 2. The van der Waals surface area contributed by atoms with Crippen LogP contribution in [0.2, 0.25) is 0 Å². The number of carbonyl (C=O) groups excluding carboxylic acids is 2. The molecule has 1 amide bonds.